The van der Waals surface area contributed by atoms with Gasteiger partial charge < -0.3 is 74.1 Å². The first-order valence-corrected chi connectivity index (χ1v) is 13.4. The van der Waals surface area contributed by atoms with E-state index >= 15 is 0 Å². The molecule has 16 nitrogen and oxygen atoms in total. The van der Waals surface area contributed by atoms with E-state index in [1.165, 1.54) is 25.3 Å². The second-order valence-corrected chi connectivity index (χ2v) is 10.3. The van der Waals surface area contributed by atoms with Gasteiger partial charge in [-0.15, -0.1) is 0 Å². The molecule has 2 aliphatic heterocycles. The van der Waals surface area contributed by atoms with Crippen molar-refractivity contribution < 1.29 is 74.1 Å². The Morgan fingerprint density at radius 3 is 1.80 bits per heavy atom. The normalized spacial score (nSPS) is 32.4. The van der Waals surface area contributed by atoms with E-state index in [1.54, 1.807) is 12.1 Å². The van der Waals surface area contributed by atoms with Gasteiger partial charge in [0.15, 0.2) is 5.76 Å². The lowest BCUT2D eigenvalue weighted by atomic mass is 9.99. The highest BCUT2D eigenvalue weighted by Gasteiger charge is 2.46. The van der Waals surface area contributed by atoms with Crippen LogP contribution in [0.1, 0.15) is 0 Å². The zero-order valence-corrected chi connectivity index (χ0v) is 23.0. The third-order valence-electron chi connectivity index (χ3n) is 7.44. The van der Waals surface area contributed by atoms with Crippen LogP contribution in [-0.4, -0.2) is 128 Å². The third kappa shape index (κ3) is 5.80. The molecule has 2 aliphatic rings. The minimum Gasteiger partial charge on any atom is -0.507 e. The van der Waals surface area contributed by atoms with Gasteiger partial charge in [0.05, 0.1) is 20.3 Å². The van der Waals surface area contributed by atoms with E-state index < -0.39 is 96.9 Å². The van der Waals surface area contributed by atoms with Crippen LogP contribution < -0.4 is 19.6 Å². The number of aliphatic hydroxyl groups excluding tert-OH is 8. The number of phenols is 1. The second kappa shape index (κ2) is 12.8. The van der Waals surface area contributed by atoms with Crippen molar-refractivity contribution in [3.63, 3.8) is 0 Å². The Hall–Kier alpha value is -3.55. The molecule has 240 valence electrons. The van der Waals surface area contributed by atoms with E-state index in [0.717, 1.165) is 6.07 Å². The minimum atomic E-state index is -1.87. The molecular weight excluding hydrogens is 592 g/mol. The van der Waals surface area contributed by atoms with E-state index in [2.05, 4.69) is 0 Å². The number of hydrogen-bond acceptors (Lipinski definition) is 16. The summed E-state index contributed by atoms with van der Waals surface area (Å²) in [7, 11) is 1.44. The van der Waals surface area contributed by atoms with Crippen molar-refractivity contribution in [2.75, 3.05) is 20.3 Å². The van der Waals surface area contributed by atoms with Gasteiger partial charge in [0.2, 0.25) is 23.8 Å². The summed E-state index contributed by atoms with van der Waals surface area (Å²) in [5.41, 5.74) is -0.948. The Bertz CT molecular complexity index is 1500. The molecule has 3 heterocycles. The SMILES string of the molecule is COc1ccc(-c2oc3cc(O[C@@H]4O[C@@H](CO)[C@@H](O)[C@H](O)[C@@H]4O)cc(O)c3c(=O)c2O[C@@H]2O[C@H](CO)[C@@H](O)[C@H](O)[C@H]2O)cc1. The Kier molecular flexibility index (Phi) is 9.28. The van der Waals surface area contributed by atoms with E-state index in [9.17, 15) is 50.8 Å². The van der Waals surface area contributed by atoms with Crippen molar-refractivity contribution >= 4 is 11.0 Å². The zero-order chi connectivity index (χ0) is 31.9. The molecule has 0 bridgehead atoms. The summed E-state index contributed by atoms with van der Waals surface area (Å²) in [4.78, 5) is 13.8. The number of methoxy groups -OCH3 is 1. The number of ether oxygens (including phenoxy) is 5. The molecule has 1 aromatic heterocycles. The lowest BCUT2D eigenvalue weighted by Crippen LogP contribution is -2.60. The molecule has 5 rings (SSSR count). The number of aliphatic hydroxyl groups is 8. The van der Waals surface area contributed by atoms with Crippen molar-refractivity contribution in [3.05, 3.63) is 46.6 Å². The van der Waals surface area contributed by atoms with E-state index in [-0.39, 0.29) is 22.7 Å². The van der Waals surface area contributed by atoms with Gasteiger partial charge >= 0.3 is 0 Å². The summed E-state index contributed by atoms with van der Waals surface area (Å²) in [5, 5.41) is 90.7. The highest BCUT2D eigenvalue weighted by Crippen LogP contribution is 2.38. The molecule has 0 aliphatic carbocycles. The molecule has 0 amide bonds. The van der Waals surface area contributed by atoms with Crippen molar-refractivity contribution in [1.29, 1.82) is 0 Å². The van der Waals surface area contributed by atoms with Gasteiger partial charge in [0, 0.05) is 17.7 Å². The predicted octanol–water partition coefficient (Wildman–Crippen LogP) is -2.47. The summed E-state index contributed by atoms with van der Waals surface area (Å²) in [6.45, 7) is -1.45. The maximum Gasteiger partial charge on any atom is 0.239 e. The largest absolute Gasteiger partial charge is 0.507 e. The zero-order valence-electron chi connectivity index (χ0n) is 23.0. The van der Waals surface area contributed by atoms with Crippen LogP contribution in [0.2, 0.25) is 0 Å². The van der Waals surface area contributed by atoms with Crippen molar-refractivity contribution in [1.82, 2.24) is 0 Å². The third-order valence-corrected chi connectivity index (χ3v) is 7.44. The van der Waals surface area contributed by atoms with Gasteiger partial charge in [-0.1, -0.05) is 0 Å². The molecule has 2 fully saturated rings. The number of phenolic OH excluding ortho intramolecular Hbond substituents is 1. The fourth-order valence-corrected chi connectivity index (χ4v) is 4.95. The molecule has 3 aromatic rings. The Morgan fingerprint density at radius 1 is 0.727 bits per heavy atom. The molecule has 10 atom stereocenters. The average Bonchev–Trinajstić information content (AvgIpc) is 3.02. The second-order valence-electron chi connectivity index (χ2n) is 10.3. The van der Waals surface area contributed by atoms with Crippen molar-refractivity contribution in [2.24, 2.45) is 0 Å². The Morgan fingerprint density at radius 2 is 1.27 bits per heavy atom. The Balaban J connectivity index is 1.58. The van der Waals surface area contributed by atoms with E-state index in [0.29, 0.717) is 5.75 Å². The summed E-state index contributed by atoms with van der Waals surface area (Å²) in [5.74, 6) is -1.22. The molecule has 9 N–H and O–H groups in total. The van der Waals surface area contributed by atoms with Crippen LogP contribution in [0.3, 0.4) is 0 Å². The highest BCUT2D eigenvalue weighted by atomic mass is 16.7. The van der Waals surface area contributed by atoms with E-state index in [4.69, 9.17) is 28.1 Å². The quantitative estimate of drug-likeness (QED) is 0.126. The monoisotopic (exact) mass is 624 g/mol. The number of rotatable bonds is 8. The summed E-state index contributed by atoms with van der Waals surface area (Å²) < 4.78 is 33.2. The number of benzene rings is 2. The standard InChI is InChI=1S/C28H32O16/c1-39-11-4-2-10(3-5-11)25-26(44-28-24(38)22(36)19(33)16(9-30)43-28)20(34)17-13(31)6-12(7-14(17)41-25)40-27-23(37)21(35)18(32)15(8-29)42-27/h2-7,15-16,18-19,21-24,27-33,35-38H,8-9H2,1H3/t15-,16+,18+,19+,21-,22-,23-,24+,27+,28-/m0/s1. The van der Waals surface area contributed by atoms with Crippen LogP contribution in [0.25, 0.3) is 22.3 Å². The molecular formula is C28H32O16. The highest BCUT2D eigenvalue weighted by molar-refractivity contribution is 5.88. The van der Waals surface area contributed by atoms with Gasteiger partial charge in [-0.25, -0.2) is 0 Å². The lowest BCUT2D eigenvalue weighted by Gasteiger charge is -2.39. The number of fused-ring (bicyclic) bond motifs is 1. The molecule has 2 saturated heterocycles. The first-order chi connectivity index (χ1) is 21.0. The smallest absolute Gasteiger partial charge is 0.239 e. The molecule has 0 saturated carbocycles. The van der Waals surface area contributed by atoms with Crippen LogP contribution in [0.15, 0.2) is 45.6 Å². The molecule has 0 unspecified atom stereocenters. The van der Waals surface area contributed by atoms with Crippen LogP contribution in [0, 0.1) is 0 Å². The molecule has 16 heteroatoms. The fourth-order valence-electron chi connectivity index (χ4n) is 4.95. The van der Waals surface area contributed by atoms with E-state index in [1.807, 2.05) is 0 Å². The van der Waals surface area contributed by atoms with Crippen LogP contribution >= 0.6 is 0 Å². The fraction of sp³-hybridized carbons (Fsp3) is 0.464. The van der Waals surface area contributed by atoms with Gasteiger partial charge in [-0.2, -0.15) is 0 Å². The topological polar surface area (TPSA) is 258 Å². The van der Waals surface area contributed by atoms with Gasteiger partial charge in [0.25, 0.3) is 0 Å². The summed E-state index contributed by atoms with van der Waals surface area (Å²) >= 11 is 0. The summed E-state index contributed by atoms with van der Waals surface area (Å²) in [6, 6.07) is 8.27. The number of aromatic hydroxyl groups is 1. The van der Waals surface area contributed by atoms with Crippen LogP contribution in [-0.2, 0) is 9.47 Å². The van der Waals surface area contributed by atoms with Gasteiger partial charge in [0.1, 0.15) is 77.0 Å². The first kappa shape index (κ1) is 31.9. The molecule has 2 aromatic carbocycles. The van der Waals surface area contributed by atoms with Crippen LogP contribution in [0.4, 0.5) is 0 Å². The molecule has 44 heavy (non-hydrogen) atoms. The van der Waals surface area contributed by atoms with Crippen molar-refractivity contribution in [3.8, 4) is 34.3 Å². The predicted molar refractivity (Wildman–Crippen MR) is 145 cm³/mol. The molecule has 0 spiro atoms. The minimum absolute atomic E-state index is 0.203. The maximum atomic E-state index is 13.8. The molecule has 0 radical (unpaired) electrons. The number of hydrogen-bond donors (Lipinski definition) is 9. The van der Waals surface area contributed by atoms with Crippen LogP contribution in [0.5, 0.6) is 23.0 Å². The Labute approximate surface area is 248 Å². The summed E-state index contributed by atoms with van der Waals surface area (Å²) in [6.07, 6.45) is -16.5. The van der Waals surface area contributed by atoms with Gasteiger partial charge in [-0.05, 0) is 24.3 Å². The van der Waals surface area contributed by atoms with Gasteiger partial charge in [-0.3, -0.25) is 4.79 Å². The maximum absolute atomic E-state index is 13.8. The lowest BCUT2D eigenvalue weighted by molar-refractivity contribution is -0.277. The van der Waals surface area contributed by atoms with Crippen molar-refractivity contribution in [2.45, 2.75) is 61.4 Å². The average molecular weight is 625 g/mol. The first-order valence-electron chi connectivity index (χ1n) is 13.4.